The Morgan fingerprint density at radius 2 is 1.56 bits per heavy atom. The average molecular weight is 497 g/mol. The molecule has 3 amide bonds. The molecule has 36 heavy (non-hydrogen) atoms. The summed E-state index contributed by atoms with van der Waals surface area (Å²) in [6, 6.07) is 9.26. The number of aromatic nitrogens is 3. The number of aromatic amines is 1. The molecule has 1 aromatic heterocycles. The Hall–Kier alpha value is -3.14. The molecule has 194 valence electrons. The molecule has 0 spiro atoms. The summed E-state index contributed by atoms with van der Waals surface area (Å²) in [5.41, 5.74) is 0.630. The third-order valence-corrected chi connectivity index (χ3v) is 8.00. The predicted molar refractivity (Wildman–Crippen MR) is 134 cm³/mol. The number of hydrogen-bond donors (Lipinski definition) is 2. The van der Waals surface area contributed by atoms with Crippen LogP contribution < -0.4 is 11.0 Å². The van der Waals surface area contributed by atoms with Gasteiger partial charge in [0.25, 0.3) is 0 Å². The van der Waals surface area contributed by atoms with Gasteiger partial charge in [0.15, 0.2) is 5.82 Å². The van der Waals surface area contributed by atoms with E-state index in [0.717, 1.165) is 63.5 Å². The van der Waals surface area contributed by atoms with Crippen LogP contribution in [0.3, 0.4) is 0 Å². The number of benzene rings is 1. The lowest BCUT2D eigenvalue weighted by Gasteiger charge is -2.37. The number of hydrogen-bond acceptors (Lipinski definition) is 5. The number of carbonyl (C=O) groups excluding carboxylic acids is 2. The Kier molecular flexibility index (Phi) is 7.69. The van der Waals surface area contributed by atoms with E-state index in [1.807, 2.05) is 35.2 Å². The van der Waals surface area contributed by atoms with Crippen LogP contribution in [-0.4, -0.2) is 82.4 Å². The van der Waals surface area contributed by atoms with Gasteiger partial charge < -0.3 is 19.9 Å². The average Bonchev–Trinajstić information content (AvgIpc) is 3.34. The molecule has 2 aromatic rings. The van der Waals surface area contributed by atoms with E-state index in [4.69, 9.17) is 4.74 Å². The van der Waals surface area contributed by atoms with Crippen molar-refractivity contribution in [3.8, 4) is 11.4 Å². The van der Waals surface area contributed by atoms with Crippen molar-refractivity contribution >= 4 is 11.9 Å². The zero-order valence-corrected chi connectivity index (χ0v) is 20.7. The largest absolute Gasteiger partial charge is 0.381 e. The summed E-state index contributed by atoms with van der Waals surface area (Å²) in [7, 11) is 0. The van der Waals surface area contributed by atoms with E-state index in [2.05, 4.69) is 15.4 Å². The third-order valence-electron chi connectivity index (χ3n) is 8.00. The first-order valence-electron chi connectivity index (χ1n) is 13.2. The first-order valence-corrected chi connectivity index (χ1v) is 13.2. The van der Waals surface area contributed by atoms with E-state index in [9.17, 15) is 14.4 Å². The van der Waals surface area contributed by atoms with Crippen LogP contribution in [0, 0.1) is 11.8 Å². The number of urea groups is 1. The van der Waals surface area contributed by atoms with Gasteiger partial charge in [0.05, 0.1) is 12.6 Å². The number of rotatable bonds is 5. The fourth-order valence-corrected chi connectivity index (χ4v) is 5.81. The second-order valence-corrected chi connectivity index (χ2v) is 10.1. The summed E-state index contributed by atoms with van der Waals surface area (Å²) >= 11 is 0. The molecule has 0 unspecified atom stereocenters. The highest BCUT2D eigenvalue weighted by Crippen LogP contribution is 2.31. The number of piperidine rings is 2. The second-order valence-electron chi connectivity index (χ2n) is 10.1. The van der Waals surface area contributed by atoms with Gasteiger partial charge in [-0.2, -0.15) is 0 Å². The molecule has 3 aliphatic rings. The maximum Gasteiger partial charge on any atom is 0.343 e. The minimum Gasteiger partial charge on any atom is -0.381 e. The lowest BCUT2D eigenvalue weighted by Crippen LogP contribution is -2.49. The van der Waals surface area contributed by atoms with E-state index in [1.165, 1.54) is 4.68 Å². The lowest BCUT2D eigenvalue weighted by atomic mass is 9.80. The van der Waals surface area contributed by atoms with E-state index in [0.29, 0.717) is 37.7 Å². The maximum absolute atomic E-state index is 12.7. The minimum absolute atomic E-state index is 0.0137. The monoisotopic (exact) mass is 496 g/mol. The predicted octanol–water partition coefficient (Wildman–Crippen LogP) is 2.25. The maximum atomic E-state index is 12.7. The van der Waals surface area contributed by atoms with Gasteiger partial charge in [0.2, 0.25) is 5.91 Å². The van der Waals surface area contributed by atoms with Crippen LogP contribution in [0.5, 0.6) is 0 Å². The molecule has 3 aliphatic heterocycles. The molecular formula is C26H36N6O4. The molecule has 0 radical (unpaired) electrons. The molecule has 5 rings (SSSR count). The quantitative estimate of drug-likeness (QED) is 0.659. The van der Waals surface area contributed by atoms with Crippen LogP contribution in [0.1, 0.15) is 44.6 Å². The summed E-state index contributed by atoms with van der Waals surface area (Å²) in [4.78, 5) is 44.3. The standard InChI is InChI=1S/C26H36N6O4/c33-23(30-12-6-19(7-13-30)20-10-16-36-17-11-20)18-27-25(34)31-14-8-22(9-15-31)32-26(35)28-24(29-32)21-4-2-1-3-5-21/h1-5,19-20,22H,6-18H2,(H,27,34)(H,28,29,35). The van der Waals surface area contributed by atoms with Gasteiger partial charge in [0.1, 0.15) is 0 Å². The number of nitrogens with one attached hydrogen (secondary N) is 2. The molecule has 2 N–H and O–H groups in total. The van der Waals surface area contributed by atoms with E-state index < -0.39 is 0 Å². The minimum atomic E-state index is -0.233. The first kappa shape index (κ1) is 24.5. The summed E-state index contributed by atoms with van der Waals surface area (Å²) in [5.74, 6) is 1.94. The van der Waals surface area contributed by atoms with Crippen LogP contribution in [0.2, 0.25) is 0 Å². The molecule has 0 atom stereocenters. The Morgan fingerprint density at radius 1 is 0.917 bits per heavy atom. The van der Waals surface area contributed by atoms with Crippen molar-refractivity contribution in [2.75, 3.05) is 45.9 Å². The fourth-order valence-electron chi connectivity index (χ4n) is 5.81. The number of amides is 3. The topological polar surface area (TPSA) is 113 Å². The lowest BCUT2D eigenvalue weighted by molar-refractivity contribution is -0.131. The molecule has 0 bridgehead atoms. The van der Waals surface area contributed by atoms with Crippen molar-refractivity contribution in [1.29, 1.82) is 0 Å². The van der Waals surface area contributed by atoms with Crippen molar-refractivity contribution in [2.24, 2.45) is 11.8 Å². The summed E-state index contributed by atoms with van der Waals surface area (Å²) in [6.45, 7) is 4.32. The smallest absolute Gasteiger partial charge is 0.343 e. The van der Waals surface area contributed by atoms with Crippen LogP contribution >= 0.6 is 0 Å². The molecule has 0 saturated carbocycles. The van der Waals surface area contributed by atoms with E-state index in [1.54, 1.807) is 4.90 Å². The van der Waals surface area contributed by atoms with Gasteiger partial charge in [-0.25, -0.2) is 14.3 Å². The molecule has 0 aliphatic carbocycles. The molecule has 3 saturated heterocycles. The Morgan fingerprint density at radius 3 is 2.25 bits per heavy atom. The summed E-state index contributed by atoms with van der Waals surface area (Å²) in [6.07, 6.45) is 5.62. The first-order chi connectivity index (χ1) is 17.6. The summed E-state index contributed by atoms with van der Waals surface area (Å²) in [5, 5.41) is 7.30. The molecule has 1 aromatic carbocycles. The number of carbonyl (C=O) groups is 2. The number of nitrogens with zero attached hydrogens (tertiary/aromatic N) is 4. The van der Waals surface area contributed by atoms with Gasteiger partial charge in [0, 0.05) is 45.0 Å². The SMILES string of the molecule is O=C(CNC(=O)N1CCC(n2nc(-c3ccccc3)[nH]c2=O)CC1)N1CCC(C2CCOCC2)CC1. The van der Waals surface area contributed by atoms with Gasteiger partial charge in [-0.1, -0.05) is 30.3 Å². The molecule has 4 heterocycles. The van der Waals surface area contributed by atoms with Crippen LogP contribution in [0.25, 0.3) is 11.4 Å². The van der Waals surface area contributed by atoms with Crippen molar-refractivity contribution in [3.63, 3.8) is 0 Å². The van der Waals surface area contributed by atoms with Crippen molar-refractivity contribution in [3.05, 3.63) is 40.8 Å². The van der Waals surface area contributed by atoms with Crippen molar-refractivity contribution in [2.45, 2.75) is 44.6 Å². The highest BCUT2D eigenvalue weighted by atomic mass is 16.5. The van der Waals surface area contributed by atoms with Crippen molar-refractivity contribution < 1.29 is 14.3 Å². The Bertz CT molecular complexity index is 1080. The van der Waals surface area contributed by atoms with Gasteiger partial charge >= 0.3 is 11.7 Å². The second kappa shape index (κ2) is 11.3. The molecule has 10 heteroatoms. The van der Waals surface area contributed by atoms with Gasteiger partial charge in [-0.05, 0) is 50.4 Å². The summed E-state index contributed by atoms with van der Waals surface area (Å²) < 4.78 is 6.98. The zero-order chi connectivity index (χ0) is 24.9. The van der Waals surface area contributed by atoms with Crippen LogP contribution in [-0.2, 0) is 9.53 Å². The molecule has 3 fully saturated rings. The van der Waals surface area contributed by atoms with E-state index in [-0.39, 0.29) is 30.2 Å². The van der Waals surface area contributed by atoms with Crippen LogP contribution in [0.4, 0.5) is 4.79 Å². The fraction of sp³-hybridized carbons (Fsp3) is 0.615. The third kappa shape index (κ3) is 5.64. The molecular weight excluding hydrogens is 460 g/mol. The Labute approximate surface area is 211 Å². The molecule has 10 nitrogen and oxygen atoms in total. The normalized spacial score (nSPS) is 20.4. The highest BCUT2D eigenvalue weighted by Gasteiger charge is 2.30. The Balaban J connectivity index is 1.05. The van der Waals surface area contributed by atoms with Crippen molar-refractivity contribution in [1.82, 2.24) is 29.9 Å². The van der Waals surface area contributed by atoms with Gasteiger partial charge in [-0.3, -0.25) is 9.78 Å². The number of likely N-dealkylation sites (tertiary alicyclic amines) is 2. The van der Waals surface area contributed by atoms with Crippen LogP contribution in [0.15, 0.2) is 35.1 Å². The number of H-pyrrole nitrogens is 1. The zero-order valence-electron chi connectivity index (χ0n) is 20.7. The van der Waals surface area contributed by atoms with Gasteiger partial charge in [-0.15, -0.1) is 5.10 Å². The highest BCUT2D eigenvalue weighted by molar-refractivity contribution is 5.84. The number of ether oxygens (including phenoxy) is 1. The van der Waals surface area contributed by atoms with E-state index >= 15 is 0 Å².